The molecule has 0 saturated carbocycles. The molecule has 0 spiro atoms. The molecule has 0 aliphatic heterocycles. The number of nitrogens with zero attached hydrogens (tertiary/aromatic N) is 1. The number of hydrogen-bond acceptors (Lipinski definition) is 5. The number of aryl methyl sites for hydroxylation is 1. The molecule has 1 aliphatic rings. The van der Waals surface area contributed by atoms with Crippen LogP contribution in [0.25, 0.3) is 22.2 Å². The molecule has 3 N–H and O–H groups in total. The Kier molecular flexibility index (Phi) is 5.42. The number of ether oxygens (including phenoxy) is 3. The van der Waals surface area contributed by atoms with Gasteiger partial charge in [0.05, 0.1) is 33.1 Å². The van der Waals surface area contributed by atoms with Gasteiger partial charge < -0.3 is 24.5 Å². The highest BCUT2D eigenvalue weighted by Crippen LogP contribution is 2.36. The molecule has 33 heavy (non-hydrogen) atoms. The Morgan fingerprint density at radius 3 is 2.67 bits per heavy atom. The molecule has 0 saturated heterocycles. The molecule has 8 heteroatoms. The highest BCUT2D eigenvalue weighted by atomic mass is 16.5. The van der Waals surface area contributed by atoms with Gasteiger partial charge in [0.15, 0.2) is 11.5 Å². The fourth-order valence-electron chi connectivity index (χ4n) is 4.53. The number of benzene rings is 2. The van der Waals surface area contributed by atoms with Crippen LogP contribution in [0.1, 0.15) is 40.6 Å². The van der Waals surface area contributed by atoms with E-state index < -0.39 is 0 Å². The largest absolute Gasteiger partial charge is 0.497 e. The van der Waals surface area contributed by atoms with Crippen molar-refractivity contribution in [3.05, 3.63) is 59.4 Å². The van der Waals surface area contributed by atoms with Gasteiger partial charge in [0.25, 0.3) is 5.91 Å². The first-order valence-corrected chi connectivity index (χ1v) is 10.9. The van der Waals surface area contributed by atoms with Crippen molar-refractivity contribution >= 4 is 16.8 Å². The van der Waals surface area contributed by atoms with E-state index in [1.165, 1.54) is 5.56 Å². The van der Waals surface area contributed by atoms with Crippen LogP contribution >= 0.6 is 0 Å². The Hall–Kier alpha value is -3.94. The fourth-order valence-corrected chi connectivity index (χ4v) is 4.53. The summed E-state index contributed by atoms with van der Waals surface area (Å²) in [5.74, 6) is 1.88. The first kappa shape index (κ1) is 20.9. The number of hydrogen-bond donors (Lipinski definition) is 3. The summed E-state index contributed by atoms with van der Waals surface area (Å²) in [6, 6.07) is 13.2. The molecule has 2 aromatic carbocycles. The van der Waals surface area contributed by atoms with Crippen LogP contribution < -0.4 is 19.5 Å². The maximum Gasteiger partial charge on any atom is 0.269 e. The Balaban J connectivity index is 1.38. The molecule has 170 valence electrons. The molecule has 1 aliphatic carbocycles. The van der Waals surface area contributed by atoms with Gasteiger partial charge in [-0.05, 0) is 67.3 Å². The van der Waals surface area contributed by atoms with Gasteiger partial charge in [-0.3, -0.25) is 9.89 Å². The summed E-state index contributed by atoms with van der Waals surface area (Å²) in [6.45, 7) is 0. The van der Waals surface area contributed by atoms with E-state index >= 15 is 0 Å². The molecule has 8 nitrogen and oxygen atoms in total. The molecule has 2 heterocycles. The fraction of sp³-hybridized carbons (Fsp3) is 0.280. The minimum atomic E-state index is -0.191. The Morgan fingerprint density at radius 1 is 1.03 bits per heavy atom. The predicted molar refractivity (Wildman–Crippen MR) is 125 cm³/mol. The van der Waals surface area contributed by atoms with Gasteiger partial charge in [-0.1, -0.05) is 0 Å². The summed E-state index contributed by atoms with van der Waals surface area (Å²) in [6.07, 6.45) is 2.85. The Bertz CT molecular complexity index is 1320. The minimum absolute atomic E-state index is 0.0903. The van der Waals surface area contributed by atoms with E-state index in [0.717, 1.165) is 47.2 Å². The summed E-state index contributed by atoms with van der Waals surface area (Å²) < 4.78 is 16.1. The molecular formula is C25H26N4O4. The number of methoxy groups -OCH3 is 3. The summed E-state index contributed by atoms with van der Waals surface area (Å²) in [4.78, 5) is 16.6. The zero-order chi connectivity index (χ0) is 22.9. The lowest BCUT2D eigenvalue weighted by Gasteiger charge is -2.23. The van der Waals surface area contributed by atoms with Crippen LogP contribution in [0.2, 0.25) is 0 Å². The molecule has 0 fully saturated rings. The van der Waals surface area contributed by atoms with E-state index in [1.54, 1.807) is 27.4 Å². The average molecular weight is 447 g/mol. The zero-order valence-corrected chi connectivity index (χ0v) is 18.8. The lowest BCUT2D eigenvalue weighted by atomic mass is 9.91. The first-order chi connectivity index (χ1) is 16.1. The highest BCUT2D eigenvalue weighted by Gasteiger charge is 2.26. The third-order valence-corrected chi connectivity index (χ3v) is 6.22. The molecule has 5 rings (SSSR count). The SMILES string of the molecule is COc1ccc2[nH]c3c(c2c1)CCCC3NC(=O)c1cc(-c2ccc(OC)c(OC)c2)n[nH]1. The maximum atomic E-state index is 13.0. The quantitative estimate of drug-likeness (QED) is 0.408. The van der Waals surface area contributed by atoms with Crippen molar-refractivity contribution in [3.63, 3.8) is 0 Å². The van der Waals surface area contributed by atoms with Gasteiger partial charge in [-0.25, -0.2) is 0 Å². The number of amides is 1. The topological polar surface area (TPSA) is 101 Å². The molecular weight excluding hydrogens is 420 g/mol. The van der Waals surface area contributed by atoms with Crippen LogP contribution in [0.4, 0.5) is 0 Å². The van der Waals surface area contributed by atoms with Crippen LogP contribution in [0, 0.1) is 0 Å². The van der Waals surface area contributed by atoms with Crippen molar-refractivity contribution in [3.8, 4) is 28.5 Å². The molecule has 4 aromatic rings. The molecule has 0 radical (unpaired) electrons. The van der Waals surface area contributed by atoms with Gasteiger partial charge in [0.2, 0.25) is 0 Å². The van der Waals surface area contributed by atoms with Crippen molar-refractivity contribution in [2.45, 2.75) is 25.3 Å². The maximum absolute atomic E-state index is 13.0. The van der Waals surface area contributed by atoms with E-state index in [1.807, 2.05) is 30.3 Å². The normalized spacial score (nSPS) is 15.2. The van der Waals surface area contributed by atoms with Crippen LogP contribution in [-0.2, 0) is 6.42 Å². The molecule has 1 atom stereocenters. The summed E-state index contributed by atoms with van der Waals surface area (Å²) >= 11 is 0. The van der Waals surface area contributed by atoms with Crippen molar-refractivity contribution in [1.29, 1.82) is 0 Å². The van der Waals surface area contributed by atoms with Crippen LogP contribution in [0.5, 0.6) is 17.2 Å². The zero-order valence-electron chi connectivity index (χ0n) is 18.8. The second-order valence-corrected chi connectivity index (χ2v) is 8.08. The standard InChI is InChI=1S/C25H26N4O4/c1-31-15-8-9-18-17(12-15)16-5-4-6-19(24(16)26-18)27-25(30)21-13-20(28-29-21)14-7-10-22(32-2)23(11-14)33-3/h7-13,19,26H,4-6H2,1-3H3,(H,27,30)(H,28,29). The third kappa shape index (κ3) is 3.77. The van der Waals surface area contributed by atoms with Crippen molar-refractivity contribution < 1.29 is 19.0 Å². The monoisotopic (exact) mass is 446 g/mol. The average Bonchev–Trinajstić information content (AvgIpc) is 3.49. The smallest absolute Gasteiger partial charge is 0.269 e. The lowest BCUT2D eigenvalue weighted by Crippen LogP contribution is -2.31. The molecule has 1 unspecified atom stereocenters. The number of rotatable bonds is 6. The van der Waals surface area contributed by atoms with Crippen molar-refractivity contribution in [1.82, 2.24) is 20.5 Å². The number of aromatic nitrogens is 3. The molecule has 0 bridgehead atoms. The Labute approximate surface area is 191 Å². The molecule has 2 aromatic heterocycles. The van der Waals surface area contributed by atoms with Crippen LogP contribution in [0.15, 0.2) is 42.5 Å². The van der Waals surface area contributed by atoms with E-state index in [4.69, 9.17) is 14.2 Å². The third-order valence-electron chi connectivity index (χ3n) is 6.22. The van der Waals surface area contributed by atoms with Crippen LogP contribution in [-0.4, -0.2) is 42.4 Å². The van der Waals surface area contributed by atoms with E-state index in [2.05, 4.69) is 26.6 Å². The summed E-state index contributed by atoms with van der Waals surface area (Å²) in [5.41, 5.74) is 5.26. The number of aromatic amines is 2. The Morgan fingerprint density at radius 2 is 1.88 bits per heavy atom. The highest BCUT2D eigenvalue weighted by molar-refractivity contribution is 5.94. The van der Waals surface area contributed by atoms with Gasteiger partial charge >= 0.3 is 0 Å². The van der Waals surface area contributed by atoms with Crippen molar-refractivity contribution in [2.75, 3.05) is 21.3 Å². The number of H-pyrrole nitrogens is 2. The van der Waals surface area contributed by atoms with E-state index in [0.29, 0.717) is 22.9 Å². The van der Waals surface area contributed by atoms with Gasteiger partial charge in [0.1, 0.15) is 11.4 Å². The number of fused-ring (bicyclic) bond motifs is 3. The van der Waals surface area contributed by atoms with Crippen molar-refractivity contribution in [2.24, 2.45) is 0 Å². The minimum Gasteiger partial charge on any atom is -0.497 e. The van der Waals surface area contributed by atoms with Gasteiger partial charge in [-0.15, -0.1) is 0 Å². The van der Waals surface area contributed by atoms with E-state index in [-0.39, 0.29) is 11.9 Å². The summed E-state index contributed by atoms with van der Waals surface area (Å²) in [5, 5.41) is 11.5. The number of carbonyl (C=O) groups excluding carboxylic acids is 1. The second kappa shape index (κ2) is 8.54. The van der Waals surface area contributed by atoms with Gasteiger partial charge in [-0.2, -0.15) is 5.10 Å². The second-order valence-electron chi connectivity index (χ2n) is 8.08. The summed E-state index contributed by atoms with van der Waals surface area (Å²) in [7, 11) is 4.85. The number of carbonyl (C=O) groups is 1. The molecule has 1 amide bonds. The van der Waals surface area contributed by atoms with Crippen LogP contribution in [0.3, 0.4) is 0 Å². The predicted octanol–water partition coefficient (Wildman–Crippen LogP) is 4.39. The lowest BCUT2D eigenvalue weighted by molar-refractivity contribution is 0.0927. The van der Waals surface area contributed by atoms with Gasteiger partial charge in [0, 0.05) is 22.2 Å². The van der Waals surface area contributed by atoms with E-state index in [9.17, 15) is 4.79 Å². The number of nitrogens with one attached hydrogen (secondary N) is 3. The first-order valence-electron chi connectivity index (χ1n) is 10.9.